The lowest BCUT2D eigenvalue weighted by Gasteiger charge is -2.22. The second-order valence-corrected chi connectivity index (χ2v) is 4.76. The molecule has 1 aliphatic rings. The summed E-state index contributed by atoms with van der Waals surface area (Å²) in [7, 11) is 0. The minimum absolute atomic E-state index is 0.551. The first-order valence-electron chi connectivity index (χ1n) is 6.60. The molecule has 1 saturated heterocycles. The molecule has 3 rings (SSSR count). The van der Waals surface area contributed by atoms with Crippen LogP contribution in [0.3, 0.4) is 0 Å². The van der Waals surface area contributed by atoms with Crippen LogP contribution in [0.1, 0.15) is 12.8 Å². The summed E-state index contributed by atoms with van der Waals surface area (Å²) in [5.41, 5.74) is 2.02. The summed E-state index contributed by atoms with van der Waals surface area (Å²) < 4.78 is 10.6. The number of nitrogens with one attached hydrogen (secondary N) is 1. The molecular formula is C14H17N3O2. The van der Waals surface area contributed by atoms with Crippen molar-refractivity contribution < 1.29 is 9.15 Å². The number of ether oxygens (including phenoxy) is 1. The van der Waals surface area contributed by atoms with Crippen molar-refractivity contribution >= 4 is 5.69 Å². The number of benzene rings is 1. The van der Waals surface area contributed by atoms with E-state index < -0.39 is 0 Å². The Hall–Kier alpha value is -1.88. The predicted octanol–water partition coefficient (Wildman–Crippen LogP) is 2.58. The second-order valence-electron chi connectivity index (χ2n) is 4.76. The van der Waals surface area contributed by atoms with Crippen LogP contribution in [-0.4, -0.2) is 30.0 Å². The first kappa shape index (κ1) is 12.2. The Balaban J connectivity index is 1.63. The maximum absolute atomic E-state index is 5.36. The van der Waals surface area contributed by atoms with E-state index in [2.05, 4.69) is 21.6 Å². The summed E-state index contributed by atoms with van der Waals surface area (Å²) >= 11 is 0. The Kier molecular flexibility index (Phi) is 3.74. The molecule has 0 saturated carbocycles. The van der Waals surface area contributed by atoms with Crippen LogP contribution in [0.15, 0.2) is 35.1 Å². The standard InChI is InChI=1S/C14H17N3O2/c1-2-12(14-17-16-10-19-14)8-13(3-1)15-9-11-4-6-18-7-5-11/h1-3,8,10-11,15H,4-7,9H2. The van der Waals surface area contributed by atoms with Gasteiger partial charge >= 0.3 is 0 Å². The molecule has 100 valence electrons. The van der Waals surface area contributed by atoms with E-state index in [1.165, 1.54) is 6.39 Å². The Morgan fingerprint density at radius 2 is 2.16 bits per heavy atom. The monoisotopic (exact) mass is 259 g/mol. The van der Waals surface area contributed by atoms with Gasteiger partial charge in [0.1, 0.15) is 0 Å². The highest BCUT2D eigenvalue weighted by atomic mass is 16.5. The van der Waals surface area contributed by atoms with Crippen molar-refractivity contribution in [3.8, 4) is 11.5 Å². The molecule has 5 nitrogen and oxygen atoms in total. The molecule has 0 radical (unpaired) electrons. The highest BCUT2D eigenvalue weighted by Crippen LogP contribution is 2.21. The molecule has 1 aliphatic heterocycles. The molecule has 2 aromatic rings. The Labute approximate surface area is 112 Å². The van der Waals surface area contributed by atoms with Gasteiger partial charge in [0.15, 0.2) is 0 Å². The number of aromatic nitrogens is 2. The van der Waals surface area contributed by atoms with Crippen LogP contribution in [0, 0.1) is 5.92 Å². The van der Waals surface area contributed by atoms with E-state index in [4.69, 9.17) is 9.15 Å². The van der Waals surface area contributed by atoms with Crippen LogP contribution in [-0.2, 0) is 4.74 Å². The van der Waals surface area contributed by atoms with Crippen molar-refractivity contribution in [3.05, 3.63) is 30.7 Å². The molecule has 0 amide bonds. The van der Waals surface area contributed by atoms with E-state index in [0.717, 1.165) is 43.9 Å². The molecule has 0 aliphatic carbocycles. The number of hydrogen-bond acceptors (Lipinski definition) is 5. The Morgan fingerprint density at radius 3 is 2.95 bits per heavy atom. The summed E-state index contributed by atoms with van der Waals surface area (Å²) in [6.07, 6.45) is 3.62. The minimum Gasteiger partial charge on any atom is -0.423 e. The molecule has 5 heteroatoms. The minimum atomic E-state index is 0.551. The number of rotatable bonds is 4. The summed E-state index contributed by atoms with van der Waals surface area (Å²) in [5.74, 6) is 1.25. The van der Waals surface area contributed by atoms with E-state index in [1.807, 2.05) is 18.2 Å². The molecule has 2 heterocycles. The third-order valence-electron chi connectivity index (χ3n) is 3.41. The zero-order valence-corrected chi connectivity index (χ0v) is 10.7. The van der Waals surface area contributed by atoms with Gasteiger partial charge in [0.2, 0.25) is 12.3 Å². The van der Waals surface area contributed by atoms with E-state index in [9.17, 15) is 0 Å². The summed E-state index contributed by atoms with van der Waals surface area (Å²) in [6, 6.07) is 8.05. The lowest BCUT2D eigenvalue weighted by Crippen LogP contribution is -2.22. The fraction of sp³-hybridized carbons (Fsp3) is 0.429. The molecule has 0 atom stereocenters. The average molecular weight is 259 g/mol. The molecule has 19 heavy (non-hydrogen) atoms. The Bertz CT molecular complexity index is 507. The SMILES string of the molecule is c1cc(NCC2CCOCC2)cc(-c2nnco2)c1. The summed E-state index contributed by atoms with van der Waals surface area (Å²) in [6.45, 7) is 2.75. The fourth-order valence-corrected chi connectivity index (χ4v) is 2.27. The molecule has 0 unspecified atom stereocenters. The lowest BCUT2D eigenvalue weighted by molar-refractivity contribution is 0.0699. The normalized spacial score (nSPS) is 16.4. The molecule has 0 spiro atoms. The van der Waals surface area contributed by atoms with E-state index in [0.29, 0.717) is 11.8 Å². The molecule has 1 fully saturated rings. The summed E-state index contributed by atoms with van der Waals surface area (Å²) in [4.78, 5) is 0. The first-order chi connectivity index (χ1) is 9.42. The number of nitrogens with zero attached hydrogens (tertiary/aromatic N) is 2. The average Bonchev–Trinajstić information content (AvgIpc) is 3.01. The van der Waals surface area contributed by atoms with Crippen molar-refractivity contribution in [2.45, 2.75) is 12.8 Å². The van der Waals surface area contributed by atoms with Gasteiger partial charge in [-0.15, -0.1) is 10.2 Å². The van der Waals surface area contributed by atoms with Crippen LogP contribution in [0.5, 0.6) is 0 Å². The predicted molar refractivity (Wildman–Crippen MR) is 71.8 cm³/mol. The zero-order valence-electron chi connectivity index (χ0n) is 10.7. The zero-order chi connectivity index (χ0) is 12.9. The van der Waals surface area contributed by atoms with Gasteiger partial charge in [-0.05, 0) is 37.0 Å². The highest BCUT2D eigenvalue weighted by Gasteiger charge is 2.13. The maximum atomic E-state index is 5.36. The molecule has 1 N–H and O–H groups in total. The van der Waals surface area contributed by atoms with Gasteiger partial charge in [-0.1, -0.05) is 6.07 Å². The van der Waals surface area contributed by atoms with Crippen molar-refractivity contribution in [2.75, 3.05) is 25.1 Å². The molecule has 1 aromatic heterocycles. The lowest BCUT2D eigenvalue weighted by atomic mass is 10.0. The number of hydrogen-bond donors (Lipinski definition) is 1. The smallest absolute Gasteiger partial charge is 0.247 e. The largest absolute Gasteiger partial charge is 0.423 e. The van der Waals surface area contributed by atoms with Crippen molar-refractivity contribution in [2.24, 2.45) is 5.92 Å². The van der Waals surface area contributed by atoms with Gasteiger partial charge in [0, 0.05) is 31.0 Å². The van der Waals surface area contributed by atoms with Gasteiger partial charge in [0.05, 0.1) is 0 Å². The van der Waals surface area contributed by atoms with Crippen molar-refractivity contribution in [1.82, 2.24) is 10.2 Å². The second kappa shape index (κ2) is 5.84. The van der Waals surface area contributed by atoms with Gasteiger partial charge in [-0.3, -0.25) is 0 Å². The molecular weight excluding hydrogens is 242 g/mol. The summed E-state index contributed by atoms with van der Waals surface area (Å²) in [5, 5.41) is 11.1. The van der Waals surface area contributed by atoms with Crippen LogP contribution in [0.25, 0.3) is 11.5 Å². The van der Waals surface area contributed by atoms with E-state index >= 15 is 0 Å². The van der Waals surface area contributed by atoms with Crippen LogP contribution < -0.4 is 5.32 Å². The van der Waals surface area contributed by atoms with Crippen molar-refractivity contribution in [3.63, 3.8) is 0 Å². The topological polar surface area (TPSA) is 60.2 Å². The van der Waals surface area contributed by atoms with E-state index in [1.54, 1.807) is 0 Å². The fourth-order valence-electron chi connectivity index (χ4n) is 2.27. The van der Waals surface area contributed by atoms with Crippen LogP contribution in [0.2, 0.25) is 0 Å². The molecule has 0 bridgehead atoms. The van der Waals surface area contributed by atoms with Gasteiger partial charge in [-0.2, -0.15) is 0 Å². The molecule has 1 aromatic carbocycles. The van der Waals surface area contributed by atoms with Crippen LogP contribution in [0.4, 0.5) is 5.69 Å². The highest BCUT2D eigenvalue weighted by molar-refractivity contribution is 5.60. The number of anilines is 1. The quantitative estimate of drug-likeness (QED) is 0.914. The first-order valence-corrected chi connectivity index (χ1v) is 6.60. The van der Waals surface area contributed by atoms with Crippen molar-refractivity contribution in [1.29, 1.82) is 0 Å². The van der Waals surface area contributed by atoms with Gasteiger partial charge < -0.3 is 14.5 Å². The van der Waals surface area contributed by atoms with E-state index in [-0.39, 0.29) is 0 Å². The Morgan fingerprint density at radius 1 is 1.26 bits per heavy atom. The third kappa shape index (κ3) is 3.12. The van der Waals surface area contributed by atoms with Crippen LogP contribution >= 0.6 is 0 Å². The van der Waals surface area contributed by atoms with Gasteiger partial charge in [0.25, 0.3) is 0 Å². The third-order valence-corrected chi connectivity index (χ3v) is 3.41. The maximum Gasteiger partial charge on any atom is 0.247 e. The van der Waals surface area contributed by atoms with Gasteiger partial charge in [-0.25, -0.2) is 0 Å².